The van der Waals surface area contributed by atoms with Gasteiger partial charge in [0.1, 0.15) is 12.2 Å². The smallest absolute Gasteiger partial charge is 0.138 e. The highest BCUT2D eigenvalue weighted by Crippen LogP contribution is 2.35. The predicted molar refractivity (Wildman–Crippen MR) is 72.2 cm³/mol. The van der Waals surface area contributed by atoms with E-state index in [2.05, 4.69) is 29.1 Å². The van der Waals surface area contributed by atoms with Gasteiger partial charge in [0.05, 0.1) is 0 Å². The van der Waals surface area contributed by atoms with Crippen LogP contribution < -0.4 is 5.73 Å². The molecule has 2 N–H and O–H groups in total. The van der Waals surface area contributed by atoms with Crippen molar-refractivity contribution in [3.05, 3.63) is 12.2 Å². The zero-order valence-electron chi connectivity index (χ0n) is 11.8. The van der Waals surface area contributed by atoms with Gasteiger partial charge in [-0.1, -0.05) is 19.3 Å². The van der Waals surface area contributed by atoms with Gasteiger partial charge in [0.15, 0.2) is 0 Å². The first-order valence-electron chi connectivity index (χ1n) is 6.82. The monoisotopic (exact) mass is 251 g/mol. The molecule has 1 aliphatic rings. The van der Waals surface area contributed by atoms with Gasteiger partial charge in [-0.2, -0.15) is 5.10 Å². The van der Waals surface area contributed by atoms with Gasteiger partial charge in [0.2, 0.25) is 0 Å². The Bertz CT molecular complexity index is 378. The molecule has 1 atom stereocenters. The van der Waals surface area contributed by atoms with Crippen molar-refractivity contribution < 1.29 is 0 Å². The lowest BCUT2D eigenvalue weighted by molar-refractivity contribution is 0.0706. The molecule has 0 aliphatic heterocycles. The summed E-state index contributed by atoms with van der Waals surface area (Å²) in [6.07, 6.45) is 8.69. The second-order valence-corrected chi connectivity index (χ2v) is 5.67. The molecule has 0 spiro atoms. The van der Waals surface area contributed by atoms with Crippen LogP contribution in [0.5, 0.6) is 0 Å². The molecule has 1 aromatic heterocycles. The van der Waals surface area contributed by atoms with Crippen molar-refractivity contribution in [2.45, 2.75) is 50.1 Å². The maximum absolute atomic E-state index is 6.52. The molecule has 1 aromatic rings. The molecule has 18 heavy (non-hydrogen) atoms. The molecule has 1 fully saturated rings. The third-order valence-corrected chi connectivity index (χ3v) is 4.51. The molecule has 1 unspecified atom stereocenters. The van der Waals surface area contributed by atoms with E-state index in [9.17, 15) is 0 Å². The quantitative estimate of drug-likeness (QED) is 0.865. The fourth-order valence-electron chi connectivity index (χ4n) is 3.21. The fourth-order valence-corrected chi connectivity index (χ4v) is 3.21. The zero-order chi connectivity index (χ0) is 13.2. The second kappa shape index (κ2) is 5.36. The molecule has 5 nitrogen and oxygen atoms in total. The lowest BCUT2D eigenvalue weighted by atomic mass is 9.74. The molecule has 102 valence electrons. The number of nitrogens with zero attached hydrogens (tertiary/aromatic N) is 4. The molecule has 2 rings (SSSR count). The number of aryl methyl sites for hydroxylation is 1. The summed E-state index contributed by atoms with van der Waals surface area (Å²) < 4.78 is 1.83. The largest absolute Gasteiger partial charge is 0.326 e. The van der Waals surface area contributed by atoms with Crippen molar-refractivity contribution in [1.82, 2.24) is 19.7 Å². The lowest BCUT2D eigenvalue weighted by Crippen LogP contribution is -2.59. The highest BCUT2D eigenvalue weighted by atomic mass is 15.3. The lowest BCUT2D eigenvalue weighted by Gasteiger charge is -2.47. The van der Waals surface area contributed by atoms with E-state index in [1.807, 2.05) is 11.7 Å². The minimum atomic E-state index is 0.121. The van der Waals surface area contributed by atoms with Crippen LogP contribution >= 0.6 is 0 Å². The Balaban J connectivity index is 2.13. The molecule has 0 saturated heterocycles. The van der Waals surface area contributed by atoms with Gasteiger partial charge in [0, 0.05) is 25.0 Å². The average Bonchev–Trinajstić information content (AvgIpc) is 2.75. The topological polar surface area (TPSA) is 60.0 Å². The minimum absolute atomic E-state index is 0.121. The molecule has 0 radical (unpaired) electrons. The average molecular weight is 251 g/mol. The van der Waals surface area contributed by atoms with Gasteiger partial charge in [-0.15, -0.1) is 0 Å². The summed E-state index contributed by atoms with van der Waals surface area (Å²) in [5, 5.41) is 4.12. The molecule has 1 saturated carbocycles. The first-order valence-corrected chi connectivity index (χ1v) is 6.82. The van der Waals surface area contributed by atoms with Crippen molar-refractivity contribution in [1.29, 1.82) is 0 Å². The molecule has 5 heteroatoms. The molecule has 1 heterocycles. The van der Waals surface area contributed by atoms with Gasteiger partial charge < -0.3 is 10.6 Å². The van der Waals surface area contributed by atoms with E-state index in [1.54, 1.807) is 6.33 Å². The number of hydrogen-bond donors (Lipinski definition) is 1. The molecular formula is C13H25N5. The van der Waals surface area contributed by atoms with Gasteiger partial charge in [-0.25, -0.2) is 4.98 Å². The Morgan fingerprint density at radius 3 is 2.56 bits per heavy atom. The van der Waals surface area contributed by atoms with E-state index in [0.717, 1.165) is 12.2 Å². The summed E-state index contributed by atoms with van der Waals surface area (Å²) in [4.78, 5) is 6.62. The summed E-state index contributed by atoms with van der Waals surface area (Å²) in [6.45, 7) is 0. The van der Waals surface area contributed by atoms with Crippen LogP contribution in [0.1, 0.15) is 37.9 Å². The van der Waals surface area contributed by atoms with Crippen LogP contribution in [0, 0.1) is 0 Å². The van der Waals surface area contributed by atoms with Crippen molar-refractivity contribution in [3.63, 3.8) is 0 Å². The van der Waals surface area contributed by atoms with Crippen molar-refractivity contribution in [2.75, 3.05) is 14.1 Å². The van der Waals surface area contributed by atoms with Crippen LogP contribution in [0.4, 0.5) is 0 Å². The first-order chi connectivity index (χ1) is 8.56. The van der Waals surface area contributed by atoms with Crippen molar-refractivity contribution in [3.8, 4) is 0 Å². The number of aromatic nitrogens is 3. The van der Waals surface area contributed by atoms with E-state index < -0.39 is 0 Å². The summed E-state index contributed by atoms with van der Waals surface area (Å²) in [5.74, 6) is 0.981. The van der Waals surface area contributed by atoms with E-state index in [1.165, 1.54) is 32.1 Å². The normalized spacial score (nSPS) is 21.2. The maximum atomic E-state index is 6.52. The molecule has 1 aliphatic carbocycles. The summed E-state index contributed by atoms with van der Waals surface area (Å²) in [7, 11) is 6.24. The van der Waals surface area contributed by atoms with E-state index in [4.69, 9.17) is 5.73 Å². The Kier molecular flexibility index (Phi) is 4.02. The van der Waals surface area contributed by atoms with Crippen LogP contribution in [0.25, 0.3) is 0 Å². The molecule has 0 aromatic carbocycles. The van der Waals surface area contributed by atoms with Gasteiger partial charge >= 0.3 is 0 Å². The Morgan fingerprint density at radius 1 is 1.39 bits per heavy atom. The number of rotatable bonds is 4. The summed E-state index contributed by atoms with van der Waals surface area (Å²) in [5.41, 5.74) is 6.65. The summed E-state index contributed by atoms with van der Waals surface area (Å²) >= 11 is 0. The Labute approximate surface area is 109 Å². The van der Waals surface area contributed by atoms with E-state index in [0.29, 0.717) is 0 Å². The Morgan fingerprint density at radius 2 is 2.06 bits per heavy atom. The first kappa shape index (κ1) is 13.5. The van der Waals surface area contributed by atoms with Crippen LogP contribution in [0.3, 0.4) is 0 Å². The molecular weight excluding hydrogens is 226 g/mol. The maximum Gasteiger partial charge on any atom is 0.138 e. The van der Waals surface area contributed by atoms with E-state index in [-0.39, 0.29) is 11.6 Å². The van der Waals surface area contributed by atoms with Crippen LogP contribution in [0.15, 0.2) is 6.33 Å². The number of nitrogens with two attached hydrogens (primary N) is 1. The van der Waals surface area contributed by atoms with Crippen LogP contribution in [-0.4, -0.2) is 45.3 Å². The van der Waals surface area contributed by atoms with Crippen molar-refractivity contribution >= 4 is 0 Å². The van der Waals surface area contributed by atoms with Gasteiger partial charge in [-0.3, -0.25) is 4.68 Å². The second-order valence-electron chi connectivity index (χ2n) is 5.67. The molecule has 0 bridgehead atoms. The number of hydrogen-bond acceptors (Lipinski definition) is 4. The zero-order valence-corrected chi connectivity index (χ0v) is 11.8. The highest BCUT2D eigenvalue weighted by molar-refractivity contribution is 5.03. The van der Waals surface area contributed by atoms with Crippen molar-refractivity contribution in [2.24, 2.45) is 12.8 Å². The SMILES string of the molecule is CN(C)C1(C(N)Cc2ncnn2C)CCCCC1. The van der Waals surface area contributed by atoms with E-state index >= 15 is 0 Å². The third-order valence-electron chi connectivity index (χ3n) is 4.51. The molecule has 0 amide bonds. The Hall–Kier alpha value is -0.940. The predicted octanol–water partition coefficient (Wildman–Crippen LogP) is 0.949. The van der Waals surface area contributed by atoms with Gasteiger partial charge in [-0.05, 0) is 26.9 Å². The highest BCUT2D eigenvalue weighted by Gasteiger charge is 2.40. The van der Waals surface area contributed by atoms with Crippen LogP contribution in [0.2, 0.25) is 0 Å². The standard InChI is InChI=1S/C13H25N5/c1-17(2)13(7-5-4-6-8-13)11(14)9-12-15-10-16-18(12)3/h10-11H,4-9,14H2,1-3H3. The third kappa shape index (κ3) is 2.42. The van der Waals surface area contributed by atoms with Gasteiger partial charge in [0.25, 0.3) is 0 Å². The summed E-state index contributed by atoms with van der Waals surface area (Å²) in [6, 6.07) is 0.121. The fraction of sp³-hybridized carbons (Fsp3) is 0.846. The number of likely N-dealkylation sites (N-methyl/N-ethyl adjacent to an activating group) is 1. The minimum Gasteiger partial charge on any atom is -0.326 e. The van der Waals surface area contributed by atoms with Crippen LogP contribution in [-0.2, 0) is 13.5 Å².